The molecule has 1 aliphatic heterocycles. The Morgan fingerprint density at radius 2 is 2.22 bits per heavy atom. The van der Waals surface area contributed by atoms with Crippen LogP contribution >= 0.6 is 0 Å². The van der Waals surface area contributed by atoms with Crippen LogP contribution in [0.5, 0.6) is 0 Å². The van der Waals surface area contributed by atoms with Gasteiger partial charge >= 0.3 is 0 Å². The van der Waals surface area contributed by atoms with Crippen molar-refractivity contribution >= 4 is 11.8 Å². The van der Waals surface area contributed by atoms with Gasteiger partial charge in [-0.1, -0.05) is 0 Å². The van der Waals surface area contributed by atoms with Gasteiger partial charge in [0.2, 0.25) is 5.91 Å². The predicted molar refractivity (Wildman–Crippen MR) is 83.4 cm³/mol. The molecule has 0 saturated carbocycles. The van der Waals surface area contributed by atoms with Crippen LogP contribution in [-0.4, -0.2) is 43.8 Å². The van der Waals surface area contributed by atoms with Gasteiger partial charge in [0, 0.05) is 51.2 Å². The first kappa shape index (κ1) is 15.2. The monoisotopic (exact) mass is 313 g/mol. The summed E-state index contributed by atoms with van der Waals surface area (Å²) in [7, 11) is 1.83. The van der Waals surface area contributed by atoms with E-state index in [1.165, 1.54) is 0 Å². The number of amides is 2. The van der Waals surface area contributed by atoms with Crippen LogP contribution in [0.4, 0.5) is 0 Å². The topological polar surface area (TPSA) is 80.1 Å². The molecule has 23 heavy (non-hydrogen) atoms. The van der Waals surface area contributed by atoms with Crippen molar-refractivity contribution in [2.24, 2.45) is 7.05 Å². The zero-order valence-electron chi connectivity index (χ0n) is 13.0. The molecule has 1 atom stereocenters. The number of imidazole rings is 1. The number of hydrogen-bond donors (Lipinski definition) is 1. The van der Waals surface area contributed by atoms with Gasteiger partial charge in [0.25, 0.3) is 5.91 Å². The lowest BCUT2D eigenvalue weighted by Gasteiger charge is -2.25. The molecule has 0 spiro atoms. The maximum absolute atomic E-state index is 12.8. The van der Waals surface area contributed by atoms with Crippen molar-refractivity contribution < 1.29 is 9.59 Å². The van der Waals surface area contributed by atoms with Crippen molar-refractivity contribution in [2.45, 2.75) is 25.4 Å². The zero-order chi connectivity index (χ0) is 16.2. The molecule has 0 aromatic carbocycles. The molecule has 1 aliphatic rings. The van der Waals surface area contributed by atoms with Crippen LogP contribution < -0.4 is 5.32 Å². The van der Waals surface area contributed by atoms with Crippen molar-refractivity contribution in [3.8, 4) is 0 Å². The Balaban J connectivity index is 1.77. The summed E-state index contributed by atoms with van der Waals surface area (Å²) in [6, 6.07) is 3.76. The lowest BCUT2D eigenvalue weighted by molar-refractivity contribution is -0.119. The van der Waals surface area contributed by atoms with Crippen molar-refractivity contribution in [1.82, 2.24) is 24.8 Å². The minimum atomic E-state index is -0.136. The smallest absolute Gasteiger partial charge is 0.274 e. The van der Waals surface area contributed by atoms with E-state index in [0.29, 0.717) is 25.2 Å². The summed E-state index contributed by atoms with van der Waals surface area (Å²) in [6.45, 7) is 0.938. The third-order valence-corrected chi connectivity index (χ3v) is 3.86. The Labute approximate surface area is 134 Å². The summed E-state index contributed by atoms with van der Waals surface area (Å²) < 4.78 is 1.75. The summed E-state index contributed by atoms with van der Waals surface area (Å²) in [5.41, 5.74) is 1.40. The first-order chi connectivity index (χ1) is 11.1. The van der Waals surface area contributed by atoms with Gasteiger partial charge in [0.1, 0.15) is 5.69 Å². The van der Waals surface area contributed by atoms with E-state index in [-0.39, 0.29) is 17.9 Å². The van der Waals surface area contributed by atoms with Crippen LogP contribution in [-0.2, 0) is 18.4 Å². The molecule has 0 radical (unpaired) electrons. The van der Waals surface area contributed by atoms with Gasteiger partial charge in [-0.15, -0.1) is 0 Å². The maximum Gasteiger partial charge on any atom is 0.274 e. The Bertz CT molecular complexity index is 698. The number of carbonyl (C=O) groups excluding carboxylic acids is 2. The van der Waals surface area contributed by atoms with Gasteiger partial charge in [0.15, 0.2) is 0 Å². The van der Waals surface area contributed by atoms with Gasteiger partial charge in [-0.05, 0) is 24.1 Å². The summed E-state index contributed by atoms with van der Waals surface area (Å²) >= 11 is 0. The molecular formula is C16H19N5O2. The fourth-order valence-electron chi connectivity index (χ4n) is 2.69. The second-order valence-electron chi connectivity index (χ2n) is 5.77. The second-order valence-corrected chi connectivity index (χ2v) is 5.77. The Morgan fingerprint density at radius 3 is 2.83 bits per heavy atom. The Morgan fingerprint density at radius 1 is 1.43 bits per heavy atom. The predicted octanol–water partition coefficient (Wildman–Crippen LogP) is 0.736. The SMILES string of the molecule is Cn1cnc(C(=O)N(Cc2ccncc2)C[C@@H]2CCC(=O)N2)c1. The number of rotatable bonds is 5. The highest BCUT2D eigenvalue weighted by molar-refractivity contribution is 5.92. The molecule has 0 bridgehead atoms. The van der Waals surface area contributed by atoms with E-state index in [2.05, 4.69) is 15.3 Å². The normalized spacial score (nSPS) is 17.1. The van der Waals surface area contributed by atoms with E-state index >= 15 is 0 Å². The average Bonchev–Trinajstić information content (AvgIpc) is 3.15. The first-order valence-corrected chi connectivity index (χ1v) is 7.57. The highest BCUT2D eigenvalue weighted by Gasteiger charge is 2.26. The van der Waals surface area contributed by atoms with Crippen LogP contribution in [0.25, 0.3) is 0 Å². The van der Waals surface area contributed by atoms with Crippen LogP contribution in [0.1, 0.15) is 28.9 Å². The van der Waals surface area contributed by atoms with Crippen LogP contribution in [0.15, 0.2) is 37.1 Å². The highest BCUT2D eigenvalue weighted by Crippen LogP contribution is 2.13. The molecule has 2 amide bonds. The summed E-state index contributed by atoms with van der Waals surface area (Å²) in [6.07, 6.45) is 7.99. The molecule has 0 aliphatic carbocycles. The van der Waals surface area contributed by atoms with Crippen molar-refractivity contribution in [1.29, 1.82) is 0 Å². The van der Waals surface area contributed by atoms with E-state index in [1.54, 1.807) is 34.4 Å². The largest absolute Gasteiger partial charge is 0.352 e. The van der Waals surface area contributed by atoms with Gasteiger partial charge in [0.05, 0.1) is 6.33 Å². The second kappa shape index (κ2) is 6.60. The van der Waals surface area contributed by atoms with E-state index < -0.39 is 0 Å². The number of nitrogens with zero attached hydrogens (tertiary/aromatic N) is 4. The van der Waals surface area contributed by atoms with E-state index in [4.69, 9.17) is 0 Å². The van der Waals surface area contributed by atoms with E-state index in [1.807, 2.05) is 19.2 Å². The van der Waals surface area contributed by atoms with Gasteiger partial charge in [-0.2, -0.15) is 0 Å². The molecule has 0 unspecified atom stereocenters. The fourth-order valence-corrected chi connectivity index (χ4v) is 2.69. The maximum atomic E-state index is 12.8. The van der Waals surface area contributed by atoms with Crippen molar-refractivity contribution in [3.63, 3.8) is 0 Å². The Kier molecular flexibility index (Phi) is 4.36. The Hall–Kier alpha value is -2.70. The minimum Gasteiger partial charge on any atom is -0.352 e. The number of pyridine rings is 1. The minimum absolute atomic E-state index is 0.00278. The van der Waals surface area contributed by atoms with Crippen molar-refractivity contribution in [3.05, 3.63) is 48.3 Å². The summed E-state index contributed by atoms with van der Waals surface area (Å²) in [5.74, 6) is -0.0901. The van der Waals surface area contributed by atoms with Crippen LogP contribution in [0.3, 0.4) is 0 Å². The van der Waals surface area contributed by atoms with E-state index in [0.717, 1.165) is 12.0 Å². The lowest BCUT2D eigenvalue weighted by atomic mass is 10.2. The number of carbonyl (C=O) groups is 2. The van der Waals surface area contributed by atoms with Crippen molar-refractivity contribution in [2.75, 3.05) is 6.54 Å². The zero-order valence-corrected chi connectivity index (χ0v) is 13.0. The lowest BCUT2D eigenvalue weighted by Crippen LogP contribution is -2.41. The van der Waals surface area contributed by atoms with Gasteiger partial charge < -0.3 is 14.8 Å². The summed E-state index contributed by atoms with van der Waals surface area (Å²) in [5, 5.41) is 2.91. The summed E-state index contributed by atoms with van der Waals surface area (Å²) in [4.78, 5) is 34.0. The molecule has 1 saturated heterocycles. The fraction of sp³-hybridized carbons (Fsp3) is 0.375. The molecular weight excluding hydrogens is 294 g/mol. The highest BCUT2D eigenvalue weighted by atomic mass is 16.2. The number of aryl methyl sites for hydroxylation is 1. The van der Waals surface area contributed by atoms with Gasteiger partial charge in [-0.25, -0.2) is 4.98 Å². The molecule has 1 fully saturated rings. The standard InChI is InChI=1S/C16H19N5O2/c1-20-10-14(18-11-20)16(23)21(8-12-4-6-17-7-5-12)9-13-2-3-15(22)19-13/h4-7,10-11,13H,2-3,8-9H2,1H3,(H,19,22)/t13-/m0/s1. The first-order valence-electron chi connectivity index (χ1n) is 7.57. The van der Waals surface area contributed by atoms with Crippen LogP contribution in [0.2, 0.25) is 0 Å². The number of aromatic nitrogens is 3. The average molecular weight is 313 g/mol. The molecule has 1 N–H and O–H groups in total. The quantitative estimate of drug-likeness (QED) is 0.883. The molecule has 7 nitrogen and oxygen atoms in total. The van der Waals surface area contributed by atoms with E-state index in [9.17, 15) is 9.59 Å². The van der Waals surface area contributed by atoms with Crippen LogP contribution in [0, 0.1) is 0 Å². The number of hydrogen-bond acceptors (Lipinski definition) is 4. The molecule has 7 heteroatoms. The molecule has 3 rings (SSSR count). The third-order valence-electron chi connectivity index (χ3n) is 3.86. The molecule has 2 aromatic rings. The molecule has 120 valence electrons. The number of nitrogens with one attached hydrogen (secondary N) is 1. The third kappa shape index (κ3) is 3.74. The molecule has 2 aromatic heterocycles. The van der Waals surface area contributed by atoms with Gasteiger partial charge in [-0.3, -0.25) is 14.6 Å². The molecule has 3 heterocycles.